The Morgan fingerprint density at radius 2 is 2.40 bits per heavy atom. The number of hydrogen-bond donors (Lipinski definition) is 2. The number of hydrazine groups is 1. The van der Waals surface area contributed by atoms with Gasteiger partial charge in [0.05, 0.1) is 9.98 Å². The molecule has 104 valence electrons. The maximum absolute atomic E-state index is 5.47. The molecule has 3 heterocycles. The lowest BCUT2D eigenvalue weighted by molar-refractivity contribution is 0.895. The predicted octanol–water partition coefficient (Wildman–Crippen LogP) is 2.48. The van der Waals surface area contributed by atoms with Gasteiger partial charge in [0.25, 0.3) is 0 Å². The molecule has 8 heteroatoms. The summed E-state index contributed by atoms with van der Waals surface area (Å²) < 4.78 is 3.02. The number of imidazole rings is 1. The van der Waals surface area contributed by atoms with E-state index in [0.717, 1.165) is 21.8 Å². The quantitative estimate of drug-likeness (QED) is 0.557. The lowest BCUT2D eigenvalue weighted by atomic mass is 10.3. The second-order valence-corrected chi connectivity index (χ2v) is 6.66. The lowest BCUT2D eigenvalue weighted by Gasteiger charge is -2.18. The van der Waals surface area contributed by atoms with Crippen LogP contribution in [0.15, 0.2) is 33.8 Å². The fourth-order valence-corrected chi connectivity index (χ4v) is 3.22. The summed E-state index contributed by atoms with van der Waals surface area (Å²) in [7, 11) is 1.99. The van der Waals surface area contributed by atoms with Crippen LogP contribution in [-0.4, -0.2) is 21.4 Å². The second kappa shape index (κ2) is 5.39. The van der Waals surface area contributed by atoms with Crippen molar-refractivity contribution in [2.75, 3.05) is 17.4 Å². The van der Waals surface area contributed by atoms with Gasteiger partial charge in [0.2, 0.25) is 0 Å². The van der Waals surface area contributed by atoms with E-state index in [1.807, 2.05) is 17.6 Å². The molecule has 3 N–H and O–H groups in total. The number of thiophene rings is 1. The number of halogens is 1. The van der Waals surface area contributed by atoms with Crippen LogP contribution < -0.4 is 16.2 Å². The molecule has 0 aliphatic rings. The van der Waals surface area contributed by atoms with Crippen LogP contribution in [0.2, 0.25) is 0 Å². The topological polar surface area (TPSA) is 71.5 Å². The van der Waals surface area contributed by atoms with Crippen molar-refractivity contribution in [3.63, 3.8) is 0 Å². The summed E-state index contributed by atoms with van der Waals surface area (Å²) in [6.45, 7) is 0.756. The summed E-state index contributed by atoms with van der Waals surface area (Å²) >= 11 is 5.15. The smallest absolute Gasteiger partial charge is 0.180 e. The Labute approximate surface area is 128 Å². The molecule has 0 saturated heterocycles. The largest absolute Gasteiger partial charge is 0.352 e. The lowest BCUT2D eigenvalue weighted by Crippen LogP contribution is -2.20. The van der Waals surface area contributed by atoms with Crippen molar-refractivity contribution in [2.45, 2.75) is 6.54 Å². The van der Waals surface area contributed by atoms with Crippen LogP contribution in [0, 0.1) is 0 Å². The van der Waals surface area contributed by atoms with Crippen LogP contribution in [0.25, 0.3) is 5.65 Å². The van der Waals surface area contributed by atoms with E-state index < -0.39 is 0 Å². The van der Waals surface area contributed by atoms with Crippen molar-refractivity contribution < 1.29 is 0 Å². The minimum atomic E-state index is 0.601. The third kappa shape index (κ3) is 2.49. The van der Waals surface area contributed by atoms with E-state index >= 15 is 0 Å². The van der Waals surface area contributed by atoms with Crippen molar-refractivity contribution in [3.05, 3.63) is 39.4 Å². The normalized spacial score (nSPS) is 10.9. The monoisotopic (exact) mass is 352 g/mol. The van der Waals surface area contributed by atoms with Crippen molar-refractivity contribution in [3.8, 4) is 0 Å². The van der Waals surface area contributed by atoms with Crippen LogP contribution in [-0.2, 0) is 6.54 Å². The van der Waals surface area contributed by atoms with E-state index in [1.54, 1.807) is 23.7 Å². The summed E-state index contributed by atoms with van der Waals surface area (Å²) in [5.74, 6) is 6.85. The molecule has 3 aromatic heterocycles. The first kappa shape index (κ1) is 13.3. The van der Waals surface area contributed by atoms with Crippen LogP contribution in [0.3, 0.4) is 0 Å². The molecule has 0 spiro atoms. The third-order valence-corrected chi connectivity index (χ3v) is 4.46. The van der Waals surface area contributed by atoms with Crippen molar-refractivity contribution in [1.29, 1.82) is 0 Å². The maximum atomic E-state index is 5.47. The molecule has 0 saturated carbocycles. The van der Waals surface area contributed by atoms with Crippen molar-refractivity contribution >= 4 is 44.5 Å². The summed E-state index contributed by atoms with van der Waals surface area (Å²) in [5.41, 5.74) is 4.61. The predicted molar refractivity (Wildman–Crippen MR) is 84.9 cm³/mol. The molecule has 0 aromatic carbocycles. The van der Waals surface area contributed by atoms with E-state index in [4.69, 9.17) is 5.84 Å². The van der Waals surface area contributed by atoms with Gasteiger partial charge in [-0.3, -0.25) is 0 Å². The summed E-state index contributed by atoms with van der Waals surface area (Å²) in [5, 5.41) is 2.12. The first-order valence-electron chi connectivity index (χ1n) is 5.92. The van der Waals surface area contributed by atoms with E-state index in [-0.39, 0.29) is 0 Å². The van der Waals surface area contributed by atoms with Crippen LogP contribution in [0.1, 0.15) is 5.56 Å². The standard InChI is InChI=1S/C12H13BrN6S/c1-18(5-8-4-9(13)20-7-8)12-11-15-2-3-19(11)6-10(16-12)17-14/h2-4,6-7,17H,5,14H2,1H3. The first-order chi connectivity index (χ1) is 9.67. The van der Waals surface area contributed by atoms with Gasteiger partial charge >= 0.3 is 0 Å². The Morgan fingerprint density at radius 3 is 3.10 bits per heavy atom. The molecule has 0 unspecified atom stereocenters. The van der Waals surface area contributed by atoms with E-state index in [9.17, 15) is 0 Å². The van der Waals surface area contributed by atoms with Crippen LogP contribution in [0.4, 0.5) is 11.6 Å². The van der Waals surface area contributed by atoms with Gasteiger partial charge in [-0.1, -0.05) is 0 Å². The zero-order chi connectivity index (χ0) is 14.1. The number of nitrogens with one attached hydrogen (secondary N) is 1. The Hall–Kier alpha value is -1.64. The van der Waals surface area contributed by atoms with E-state index in [1.165, 1.54) is 5.56 Å². The molecule has 20 heavy (non-hydrogen) atoms. The molecule has 6 nitrogen and oxygen atoms in total. The average Bonchev–Trinajstić information content (AvgIpc) is 3.06. The van der Waals surface area contributed by atoms with Gasteiger partial charge in [-0.25, -0.2) is 15.8 Å². The van der Waals surface area contributed by atoms with Crippen molar-refractivity contribution in [2.24, 2.45) is 5.84 Å². The van der Waals surface area contributed by atoms with Gasteiger partial charge in [-0.2, -0.15) is 0 Å². The van der Waals surface area contributed by atoms with Crippen molar-refractivity contribution in [1.82, 2.24) is 14.4 Å². The molecule has 0 fully saturated rings. The Kier molecular flexibility index (Phi) is 3.60. The Bertz CT molecular complexity index is 736. The van der Waals surface area contributed by atoms with Gasteiger partial charge in [-0.05, 0) is 32.9 Å². The van der Waals surface area contributed by atoms with Crippen LogP contribution >= 0.6 is 27.3 Å². The molecule has 0 amide bonds. The fraction of sp³-hybridized carbons (Fsp3) is 0.167. The zero-order valence-corrected chi connectivity index (χ0v) is 13.1. The summed E-state index contributed by atoms with van der Waals surface area (Å²) in [4.78, 5) is 10.9. The molecule has 0 aliphatic carbocycles. The SMILES string of the molecule is CN(Cc1csc(Br)c1)c1nc(NN)cn2ccnc12. The number of hydrogen-bond acceptors (Lipinski definition) is 6. The highest BCUT2D eigenvalue weighted by molar-refractivity contribution is 9.11. The molecular weight excluding hydrogens is 340 g/mol. The number of nitrogens with zero attached hydrogens (tertiary/aromatic N) is 4. The number of fused-ring (bicyclic) bond motifs is 1. The number of aromatic nitrogens is 3. The fourth-order valence-electron chi connectivity index (χ4n) is 2.02. The van der Waals surface area contributed by atoms with Gasteiger partial charge in [0.1, 0.15) is 0 Å². The van der Waals surface area contributed by atoms with Crippen LogP contribution in [0.5, 0.6) is 0 Å². The first-order valence-corrected chi connectivity index (χ1v) is 7.59. The van der Waals surface area contributed by atoms with Gasteiger partial charge in [-0.15, -0.1) is 11.3 Å². The minimum absolute atomic E-state index is 0.601. The van der Waals surface area contributed by atoms with Gasteiger partial charge in [0.15, 0.2) is 17.3 Å². The Morgan fingerprint density at radius 1 is 1.55 bits per heavy atom. The Balaban J connectivity index is 1.97. The average molecular weight is 353 g/mol. The highest BCUT2D eigenvalue weighted by atomic mass is 79.9. The second-order valence-electron chi connectivity index (χ2n) is 4.37. The third-order valence-electron chi connectivity index (χ3n) is 2.91. The molecule has 0 radical (unpaired) electrons. The van der Waals surface area contributed by atoms with E-state index in [2.05, 4.69) is 47.7 Å². The molecule has 3 aromatic rings. The maximum Gasteiger partial charge on any atom is 0.180 e. The highest BCUT2D eigenvalue weighted by Crippen LogP contribution is 2.25. The number of nitrogens with two attached hydrogens (primary N) is 1. The summed E-state index contributed by atoms with van der Waals surface area (Å²) in [6.07, 6.45) is 5.42. The molecule has 0 bridgehead atoms. The van der Waals surface area contributed by atoms with Gasteiger partial charge < -0.3 is 14.7 Å². The van der Waals surface area contributed by atoms with Gasteiger partial charge in [0, 0.05) is 26.0 Å². The molecule has 0 atom stereocenters. The number of nitrogen functional groups attached to an aromatic ring is 1. The van der Waals surface area contributed by atoms with E-state index in [0.29, 0.717) is 5.82 Å². The zero-order valence-electron chi connectivity index (χ0n) is 10.7. The summed E-state index contributed by atoms with van der Waals surface area (Å²) in [6, 6.07) is 2.11. The number of rotatable bonds is 4. The molecule has 3 rings (SSSR count). The number of anilines is 2. The molecule has 0 aliphatic heterocycles. The highest BCUT2D eigenvalue weighted by Gasteiger charge is 2.12. The molecular formula is C12H13BrN6S. The minimum Gasteiger partial charge on any atom is -0.352 e.